The Morgan fingerprint density at radius 1 is 1.00 bits per heavy atom. The number of amides is 2. The van der Waals surface area contributed by atoms with Gasteiger partial charge in [0.25, 0.3) is 0 Å². The van der Waals surface area contributed by atoms with Gasteiger partial charge in [0.05, 0.1) is 0 Å². The first kappa shape index (κ1) is 25.2. The van der Waals surface area contributed by atoms with Gasteiger partial charge in [0.1, 0.15) is 6.04 Å². The molecule has 0 radical (unpaired) electrons. The van der Waals surface area contributed by atoms with E-state index in [1.165, 1.54) is 5.56 Å². The summed E-state index contributed by atoms with van der Waals surface area (Å²) in [5.74, 6) is 0.178. The first-order chi connectivity index (χ1) is 14.7. The van der Waals surface area contributed by atoms with E-state index in [0.717, 1.165) is 12.0 Å². The Bertz CT molecular complexity index is 861. The fraction of sp³-hybridized carbons (Fsp3) is 0.440. The molecule has 0 unspecified atom stereocenters. The number of aryl methyl sites for hydroxylation is 1. The molecule has 0 aliphatic rings. The van der Waals surface area contributed by atoms with Crippen molar-refractivity contribution in [1.82, 2.24) is 10.2 Å². The summed E-state index contributed by atoms with van der Waals surface area (Å²) in [5, 5.41) is 3.84. The van der Waals surface area contributed by atoms with Crippen molar-refractivity contribution in [3.05, 3.63) is 69.2 Å². The minimum atomic E-state index is -0.630. The lowest BCUT2D eigenvalue weighted by Crippen LogP contribution is -2.47. The third-order valence-corrected chi connectivity index (χ3v) is 6.09. The van der Waals surface area contributed by atoms with Crippen LogP contribution in [0.15, 0.2) is 42.5 Å². The van der Waals surface area contributed by atoms with E-state index >= 15 is 0 Å². The summed E-state index contributed by atoms with van der Waals surface area (Å²) in [5.41, 5.74) is 3.01. The summed E-state index contributed by atoms with van der Waals surface area (Å²) in [7, 11) is 0. The zero-order valence-electron chi connectivity index (χ0n) is 18.8. The molecule has 0 bridgehead atoms. The number of carbonyl (C=O) groups is 2. The van der Waals surface area contributed by atoms with Crippen molar-refractivity contribution < 1.29 is 9.59 Å². The van der Waals surface area contributed by atoms with Crippen LogP contribution in [0.3, 0.4) is 0 Å². The van der Waals surface area contributed by atoms with Crippen LogP contribution >= 0.6 is 23.2 Å². The summed E-state index contributed by atoms with van der Waals surface area (Å²) in [6.45, 7) is 8.79. The smallest absolute Gasteiger partial charge is 0.242 e. The van der Waals surface area contributed by atoms with E-state index < -0.39 is 6.04 Å². The Hall–Kier alpha value is -2.04. The van der Waals surface area contributed by atoms with Crippen molar-refractivity contribution in [3.8, 4) is 0 Å². The first-order valence-corrected chi connectivity index (χ1v) is 11.6. The number of hydrogen-bond acceptors (Lipinski definition) is 2. The molecule has 1 N–H and O–H groups in total. The minimum absolute atomic E-state index is 0.108. The van der Waals surface area contributed by atoms with Gasteiger partial charge in [-0.3, -0.25) is 9.59 Å². The molecule has 2 aromatic carbocycles. The molecular weight excluding hydrogens is 431 g/mol. The Morgan fingerprint density at radius 2 is 1.61 bits per heavy atom. The number of hydrogen-bond donors (Lipinski definition) is 1. The number of nitrogens with one attached hydrogen (secondary N) is 1. The second-order valence-corrected chi connectivity index (χ2v) is 8.90. The van der Waals surface area contributed by atoms with Crippen LogP contribution in [0.2, 0.25) is 10.0 Å². The van der Waals surface area contributed by atoms with E-state index in [4.69, 9.17) is 23.2 Å². The molecule has 1 atom stereocenters. The number of rotatable bonds is 10. The average molecular weight is 463 g/mol. The zero-order valence-corrected chi connectivity index (χ0v) is 20.3. The SMILES string of the molecule is CCCNC(=O)[C@H](C)N(Cc1c(Cl)cccc1Cl)C(=O)CCc1ccc(C(C)C)cc1. The highest BCUT2D eigenvalue weighted by atomic mass is 35.5. The maximum atomic E-state index is 13.2. The monoisotopic (exact) mass is 462 g/mol. The predicted octanol–water partition coefficient (Wildman–Crippen LogP) is 5.99. The lowest BCUT2D eigenvalue weighted by atomic mass is 10.00. The minimum Gasteiger partial charge on any atom is -0.354 e. The van der Waals surface area contributed by atoms with Gasteiger partial charge < -0.3 is 10.2 Å². The number of halogens is 2. The summed E-state index contributed by atoms with van der Waals surface area (Å²) < 4.78 is 0. The average Bonchev–Trinajstić information content (AvgIpc) is 2.75. The largest absolute Gasteiger partial charge is 0.354 e. The van der Waals surface area contributed by atoms with Crippen LogP contribution in [0, 0.1) is 0 Å². The molecule has 2 rings (SSSR count). The third kappa shape index (κ3) is 7.26. The van der Waals surface area contributed by atoms with E-state index in [1.54, 1.807) is 30.0 Å². The molecule has 0 aliphatic heterocycles. The van der Waals surface area contributed by atoms with Gasteiger partial charge in [-0.05, 0) is 48.9 Å². The van der Waals surface area contributed by atoms with Crippen molar-refractivity contribution in [3.63, 3.8) is 0 Å². The Morgan fingerprint density at radius 3 is 2.16 bits per heavy atom. The third-order valence-electron chi connectivity index (χ3n) is 5.38. The molecule has 31 heavy (non-hydrogen) atoms. The van der Waals surface area contributed by atoms with Gasteiger partial charge in [-0.2, -0.15) is 0 Å². The van der Waals surface area contributed by atoms with Crippen LogP contribution < -0.4 is 5.32 Å². The van der Waals surface area contributed by atoms with E-state index in [1.807, 2.05) is 6.92 Å². The quantitative estimate of drug-likeness (QED) is 0.470. The molecule has 2 aromatic rings. The first-order valence-electron chi connectivity index (χ1n) is 10.8. The molecule has 2 amide bonds. The Labute approximate surface area is 195 Å². The van der Waals surface area contributed by atoms with Gasteiger partial charge in [-0.15, -0.1) is 0 Å². The summed E-state index contributed by atoms with van der Waals surface area (Å²) in [4.78, 5) is 27.4. The molecule has 0 saturated carbocycles. The highest BCUT2D eigenvalue weighted by Gasteiger charge is 2.27. The molecular formula is C25H32Cl2N2O2. The zero-order chi connectivity index (χ0) is 23.0. The second kappa shape index (κ2) is 12.1. The lowest BCUT2D eigenvalue weighted by molar-refractivity contribution is -0.140. The molecule has 4 nitrogen and oxygen atoms in total. The summed E-state index contributed by atoms with van der Waals surface area (Å²) in [6.07, 6.45) is 1.73. The maximum Gasteiger partial charge on any atom is 0.242 e. The molecule has 0 heterocycles. The number of nitrogens with zero attached hydrogens (tertiary/aromatic N) is 1. The van der Waals surface area contributed by atoms with E-state index in [2.05, 4.69) is 43.4 Å². The summed E-state index contributed by atoms with van der Waals surface area (Å²) >= 11 is 12.7. The van der Waals surface area contributed by atoms with E-state index in [0.29, 0.717) is 40.9 Å². The highest BCUT2D eigenvalue weighted by molar-refractivity contribution is 6.36. The van der Waals surface area contributed by atoms with Crippen molar-refractivity contribution in [2.45, 2.75) is 65.5 Å². The predicted molar refractivity (Wildman–Crippen MR) is 129 cm³/mol. The molecule has 0 spiro atoms. The molecule has 168 valence electrons. The van der Waals surface area contributed by atoms with Gasteiger partial charge in [-0.1, -0.05) is 74.3 Å². The standard InChI is InChI=1S/C25H32Cl2N2O2/c1-5-15-28-25(31)18(4)29(16-21-22(26)7-6-8-23(21)27)24(30)14-11-19-9-12-20(13-10-19)17(2)3/h6-10,12-13,17-18H,5,11,14-16H2,1-4H3,(H,28,31)/t18-/m0/s1. The van der Waals surface area contributed by atoms with Crippen molar-refractivity contribution in [2.24, 2.45) is 0 Å². The van der Waals surface area contributed by atoms with Gasteiger partial charge in [0, 0.05) is 35.1 Å². The summed E-state index contributed by atoms with van der Waals surface area (Å²) in [6, 6.07) is 12.9. The molecule has 0 aromatic heterocycles. The number of carbonyl (C=O) groups excluding carboxylic acids is 2. The van der Waals surface area contributed by atoms with E-state index in [-0.39, 0.29) is 18.4 Å². The molecule has 0 aliphatic carbocycles. The molecule has 6 heteroatoms. The van der Waals surface area contributed by atoms with Crippen LogP contribution in [-0.4, -0.2) is 29.3 Å². The Balaban J connectivity index is 2.17. The van der Waals surface area contributed by atoms with Crippen LogP contribution in [-0.2, 0) is 22.6 Å². The van der Waals surface area contributed by atoms with Gasteiger partial charge in [0.15, 0.2) is 0 Å². The Kier molecular flexibility index (Phi) is 9.86. The van der Waals surface area contributed by atoms with Gasteiger partial charge in [-0.25, -0.2) is 0 Å². The van der Waals surface area contributed by atoms with Crippen LogP contribution in [0.5, 0.6) is 0 Å². The topological polar surface area (TPSA) is 49.4 Å². The second-order valence-electron chi connectivity index (χ2n) is 8.09. The molecule has 0 fully saturated rings. The van der Waals surface area contributed by atoms with Crippen molar-refractivity contribution in [1.29, 1.82) is 0 Å². The van der Waals surface area contributed by atoms with Crippen LogP contribution in [0.1, 0.15) is 63.1 Å². The van der Waals surface area contributed by atoms with E-state index in [9.17, 15) is 9.59 Å². The van der Waals surface area contributed by atoms with Crippen molar-refractivity contribution >= 4 is 35.0 Å². The number of benzene rings is 2. The fourth-order valence-electron chi connectivity index (χ4n) is 3.30. The van der Waals surface area contributed by atoms with Gasteiger partial charge in [0.2, 0.25) is 11.8 Å². The van der Waals surface area contributed by atoms with Crippen molar-refractivity contribution in [2.75, 3.05) is 6.54 Å². The highest BCUT2D eigenvalue weighted by Crippen LogP contribution is 2.27. The maximum absolute atomic E-state index is 13.2. The molecule has 0 saturated heterocycles. The van der Waals surface area contributed by atoms with Gasteiger partial charge >= 0.3 is 0 Å². The fourth-order valence-corrected chi connectivity index (χ4v) is 3.81. The lowest BCUT2D eigenvalue weighted by Gasteiger charge is -2.29. The normalized spacial score (nSPS) is 12.0. The van der Waals surface area contributed by atoms with Crippen LogP contribution in [0.4, 0.5) is 0 Å². The van der Waals surface area contributed by atoms with Crippen LogP contribution in [0.25, 0.3) is 0 Å².